The summed E-state index contributed by atoms with van der Waals surface area (Å²) in [7, 11) is 0. The summed E-state index contributed by atoms with van der Waals surface area (Å²) in [5.41, 5.74) is 2.96. The van der Waals surface area contributed by atoms with Crippen LogP contribution in [0, 0.1) is 0 Å². The number of aromatic hydroxyl groups is 1. The van der Waals surface area contributed by atoms with Gasteiger partial charge >= 0.3 is 0 Å². The normalized spacial score (nSPS) is 11.2. The van der Waals surface area contributed by atoms with E-state index in [1.54, 1.807) is 22.9 Å². The lowest BCUT2D eigenvalue weighted by Gasteiger charge is -2.10. The molecule has 9 nitrogen and oxygen atoms in total. The van der Waals surface area contributed by atoms with Gasteiger partial charge in [-0.05, 0) is 52.4 Å². The van der Waals surface area contributed by atoms with Gasteiger partial charge in [-0.25, -0.2) is 9.67 Å². The van der Waals surface area contributed by atoms with Gasteiger partial charge in [0.05, 0.1) is 28.8 Å². The highest BCUT2D eigenvalue weighted by Crippen LogP contribution is 2.24. The van der Waals surface area contributed by atoms with Crippen molar-refractivity contribution in [3.8, 4) is 22.9 Å². The van der Waals surface area contributed by atoms with Gasteiger partial charge in [0.2, 0.25) is 0 Å². The summed E-state index contributed by atoms with van der Waals surface area (Å²) in [4.78, 5) is 20.1. The first-order valence-corrected chi connectivity index (χ1v) is 11.3. The van der Waals surface area contributed by atoms with Crippen molar-refractivity contribution < 1.29 is 9.84 Å². The molecule has 0 aliphatic rings. The van der Waals surface area contributed by atoms with Crippen molar-refractivity contribution in [2.45, 2.75) is 13.2 Å². The van der Waals surface area contributed by atoms with Crippen molar-refractivity contribution in [3.63, 3.8) is 0 Å². The first-order valence-electron chi connectivity index (χ1n) is 11.3. The van der Waals surface area contributed by atoms with Gasteiger partial charge in [0.25, 0.3) is 5.56 Å². The molecule has 0 radical (unpaired) electrons. The van der Waals surface area contributed by atoms with E-state index < -0.39 is 0 Å². The number of aromatic amines is 1. The Hall–Kier alpha value is -5.05. The van der Waals surface area contributed by atoms with Crippen molar-refractivity contribution in [3.05, 3.63) is 107 Å². The molecule has 3 aromatic carbocycles. The monoisotopic (exact) mass is 476 g/mol. The Morgan fingerprint density at radius 2 is 1.78 bits per heavy atom. The van der Waals surface area contributed by atoms with Gasteiger partial charge in [-0.15, -0.1) is 5.10 Å². The predicted molar refractivity (Wildman–Crippen MR) is 135 cm³/mol. The number of rotatable bonds is 6. The van der Waals surface area contributed by atoms with Gasteiger partial charge in [0, 0.05) is 10.8 Å². The topological polar surface area (TPSA) is 119 Å². The van der Waals surface area contributed by atoms with Crippen molar-refractivity contribution in [2.75, 3.05) is 0 Å². The maximum absolute atomic E-state index is 12.7. The van der Waals surface area contributed by atoms with E-state index >= 15 is 0 Å². The van der Waals surface area contributed by atoms with Crippen molar-refractivity contribution in [2.24, 2.45) is 0 Å². The minimum atomic E-state index is -0.389. The Balaban J connectivity index is 1.23. The van der Waals surface area contributed by atoms with Crippen LogP contribution in [0.2, 0.25) is 0 Å². The SMILES string of the molecule is O=c1[nH]c2c(O)cccc2cc1-c1nnnn1Cc1cccc(OCc2ccc3ccccc3n2)c1. The molecule has 176 valence electrons. The van der Waals surface area contributed by atoms with Crippen LogP contribution in [0.3, 0.4) is 0 Å². The van der Waals surface area contributed by atoms with Gasteiger partial charge in [0.15, 0.2) is 5.82 Å². The Morgan fingerprint density at radius 3 is 2.72 bits per heavy atom. The number of hydrogen-bond donors (Lipinski definition) is 2. The van der Waals surface area contributed by atoms with E-state index in [0.717, 1.165) is 22.2 Å². The van der Waals surface area contributed by atoms with Gasteiger partial charge in [-0.3, -0.25) is 4.79 Å². The fourth-order valence-corrected chi connectivity index (χ4v) is 4.14. The second-order valence-corrected chi connectivity index (χ2v) is 8.35. The van der Waals surface area contributed by atoms with E-state index in [1.165, 1.54) is 6.07 Å². The number of phenols is 1. The highest BCUT2D eigenvalue weighted by atomic mass is 16.5. The molecular weight excluding hydrogens is 456 g/mol. The fourth-order valence-electron chi connectivity index (χ4n) is 4.14. The summed E-state index contributed by atoms with van der Waals surface area (Å²) < 4.78 is 7.55. The van der Waals surface area contributed by atoms with E-state index in [9.17, 15) is 9.90 Å². The number of ether oxygens (including phenoxy) is 1. The summed E-state index contributed by atoms with van der Waals surface area (Å²) in [6, 6.07) is 26.3. The van der Waals surface area contributed by atoms with Crippen molar-refractivity contribution >= 4 is 21.8 Å². The lowest BCUT2D eigenvalue weighted by atomic mass is 10.1. The molecule has 0 atom stereocenters. The molecule has 0 saturated carbocycles. The molecule has 36 heavy (non-hydrogen) atoms. The van der Waals surface area contributed by atoms with E-state index in [1.807, 2.05) is 60.7 Å². The van der Waals surface area contributed by atoms with Crippen LogP contribution in [0.1, 0.15) is 11.3 Å². The van der Waals surface area contributed by atoms with Crippen LogP contribution in [0.4, 0.5) is 0 Å². The Kier molecular flexibility index (Phi) is 5.34. The summed E-state index contributed by atoms with van der Waals surface area (Å²) in [5, 5.41) is 23.7. The number of para-hydroxylation sites is 2. The van der Waals surface area contributed by atoms with Crippen molar-refractivity contribution in [1.29, 1.82) is 0 Å². The van der Waals surface area contributed by atoms with Crippen LogP contribution in [-0.2, 0) is 13.2 Å². The third kappa shape index (κ3) is 4.14. The molecule has 0 unspecified atom stereocenters. The maximum Gasteiger partial charge on any atom is 0.259 e. The van der Waals surface area contributed by atoms with Crippen LogP contribution in [0.5, 0.6) is 11.5 Å². The average Bonchev–Trinajstić information content (AvgIpc) is 3.35. The number of fused-ring (bicyclic) bond motifs is 2. The van der Waals surface area contributed by atoms with Gasteiger partial charge in [0.1, 0.15) is 18.1 Å². The van der Waals surface area contributed by atoms with Crippen LogP contribution in [-0.4, -0.2) is 35.3 Å². The molecule has 0 bridgehead atoms. The molecule has 6 aromatic rings. The van der Waals surface area contributed by atoms with Crippen LogP contribution < -0.4 is 10.3 Å². The first-order chi connectivity index (χ1) is 17.6. The predicted octanol–water partition coefficient (Wildman–Crippen LogP) is 4.06. The smallest absolute Gasteiger partial charge is 0.259 e. The molecule has 0 fully saturated rings. The lowest BCUT2D eigenvalue weighted by Crippen LogP contribution is -2.13. The van der Waals surface area contributed by atoms with E-state index in [-0.39, 0.29) is 11.3 Å². The number of nitrogens with one attached hydrogen (secondary N) is 1. The summed E-state index contributed by atoms with van der Waals surface area (Å²) in [5.74, 6) is 1.02. The molecule has 3 aromatic heterocycles. The molecule has 0 spiro atoms. The highest BCUT2D eigenvalue weighted by molar-refractivity contribution is 5.86. The van der Waals surface area contributed by atoms with Crippen molar-refractivity contribution in [1.82, 2.24) is 30.2 Å². The molecule has 0 aliphatic carbocycles. The first kappa shape index (κ1) is 21.5. The number of aromatic nitrogens is 6. The van der Waals surface area contributed by atoms with Crippen LogP contribution in [0.15, 0.2) is 89.7 Å². The minimum Gasteiger partial charge on any atom is -0.506 e. The number of phenolic OH excluding ortho intramolecular Hbond substituents is 1. The number of H-pyrrole nitrogens is 1. The Morgan fingerprint density at radius 1 is 0.917 bits per heavy atom. The van der Waals surface area contributed by atoms with E-state index in [2.05, 4.69) is 25.5 Å². The standard InChI is InChI=1S/C27H20N6O3/c34-24-10-4-7-19-14-22(27(35)29-25(19)24)26-30-31-32-33(26)15-17-5-3-8-21(13-17)36-16-20-12-11-18-6-1-2-9-23(18)28-20/h1-14,34H,15-16H2,(H,29,35). The number of benzene rings is 3. The van der Waals surface area contributed by atoms with Gasteiger partial charge in [-0.2, -0.15) is 0 Å². The zero-order valence-corrected chi connectivity index (χ0v) is 19.0. The zero-order valence-electron chi connectivity index (χ0n) is 19.0. The molecule has 9 heteroatoms. The third-order valence-electron chi connectivity index (χ3n) is 5.90. The molecule has 3 heterocycles. The number of nitrogens with zero attached hydrogens (tertiary/aromatic N) is 5. The largest absolute Gasteiger partial charge is 0.506 e. The van der Waals surface area contributed by atoms with Crippen LogP contribution >= 0.6 is 0 Å². The molecule has 2 N–H and O–H groups in total. The van der Waals surface area contributed by atoms with Gasteiger partial charge in [-0.1, -0.05) is 48.5 Å². The second kappa shape index (κ2) is 8.95. The Labute approximate surface area is 204 Å². The number of hydrogen-bond acceptors (Lipinski definition) is 7. The number of tetrazole rings is 1. The quantitative estimate of drug-likeness (QED) is 0.372. The van der Waals surface area contributed by atoms with Crippen LogP contribution in [0.25, 0.3) is 33.2 Å². The molecule has 6 rings (SSSR count). The summed E-state index contributed by atoms with van der Waals surface area (Å²) >= 11 is 0. The molecular formula is C27H20N6O3. The van der Waals surface area contributed by atoms with Gasteiger partial charge < -0.3 is 14.8 Å². The minimum absolute atomic E-state index is 0.00597. The lowest BCUT2D eigenvalue weighted by molar-refractivity contribution is 0.301. The molecule has 0 saturated heterocycles. The third-order valence-corrected chi connectivity index (χ3v) is 5.90. The number of pyridine rings is 2. The van der Waals surface area contributed by atoms with E-state index in [4.69, 9.17) is 4.74 Å². The summed E-state index contributed by atoms with van der Waals surface area (Å²) in [6.45, 7) is 0.676. The Bertz CT molecular complexity index is 1780. The zero-order chi connectivity index (χ0) is 24.5. The highest BCUT2D eigenvalue weighted by Gasteiger charge is 2.15. The maximum atomic E-state index is 12.7. The van der Waals surface area contributed by atoms with E-state index in [0.29, 0.717) is 41.2 Å². The summed E-state index contributed by atoms with van der Waals surface area (Å²) in [6.07, 6.45) is 0. The fraction of sp³-hybridized carbons (Fsp3) is 0.0741. The molecule has 0 aliphatic heterocycles. The average molecular weight is 476 g/mol. The second-order valence-electron chi connectivity index (χ2n) is 8.35. The molecule has 0 amide bonds.